The maximum absolute atomic E-state index is 12.5. The van der Waals surface area contributed by atoms with Crippen molar-refractivity contribution in [2.24, 2.45) is 17.8 Å². The van der Waals surface area contributed by atoms with E-state index < -0.39 is 12.0 Å². The zero-order valence-corrected chi connectivity index (χ0v) is 18.2. The van der Waals surface area contributed by atoms with E-state index in [1.807, 2.05) is 32.9 Å². The molecule has 1 fully saturated rings. The van der Waals surface area contributed by atoms with Crippen LogP contribution in [0.3, 0.4) is 0 Å². The highest BCUT2D eigenvalue weighted by atomic mass is 16.5. The minimum Gasteiger partial charge on any atom is -0.454 e. The molecule has 0 heterocycles. The number of rotatable bonds is 7. The Kier molecular flexibility index (Phi) is 8.23. The van der Waals surface area contributed by atoms with Gasteiger partial charge in [0.2, 0.25) is 0 Å². The molecule has 6 nitrogen and oxygen atoms in total. The first-order chi connectivity index (χ1) is 13.7. The number of amides is 2. The molecule has 6 heteroatoms. The van der Waals surface area contributed by atoms with Crippen LogP contribution in [0.1, 0.15) is 62.9 Å². The molecule has 0 radical (unpaired) electrons. The van der Waals surface area contributed by atoms with E-state index >= 15 is 0 Å². The van der Waals surface area contributed by atoms with Crippen molar-refractivity contribution < 1.29 is 19.1 Å². The number of esters is 1. The van der Waals surface area contributed by atoms with Gasteiger partial charge in [0.25, 0.3) is 11.8 Å². The lowest BCUT2D eigenvalue weighted by molar-refractivity contribution is -0.151. The van der Waals surface area contributed by atoms with Crippen LogP contribution in [0.15, 0.2) is 24.3 Å². The summed E-state index contributed by atoms with van der Waals surface area (Å²) in [5, 5.41) is 5.72. The summed E-state index contributed by atoms with van der Waals surface area (Å²) in [7, 11) is 0. The lowest BCUT2D eigenvalue weighted by Gasteiger charge is -2.34. The van der Waals surface area contributed by atoms with Crippen LogP contribution < -0.4 is 10.6 Å². The van der Waals surface area contributed by atoms with E-state index in [1.165, 1.54) is 6.42 Å². The molecule has 1 aromatic rings. The van der Waals surface area contributed by atoms with Crippen LogP contribution in [0.5, 0.6) is 0 Å². The lowest BCUT2D eigenvalue weighted by Crippen LogP contribution is -2.48. The largest absolute Gasteiger partial charge is 0.454 e. The molecule has 3 unspecified atom stereocenters. The lowest BCUT2D eigenvalue weighted by atomic mass is 9.78. The molecule has 29 heavy (non-hydrogen) atoms. The molecule has 2 rings (SSSR count). The fourth-order valence-electron chi connectivity index (χ4n) is 3.69. The minimum absolute atomic E-state index is 0.118. The summed E-state index contributed by atoms with van der Waals surface area (Å²) in [5.74, 6) is -0.425. The first kappa shape index (κ1) is 22.9. The molecule has 1 aliphatic rings. The van der Waals surface area contributed by atoms with Crippen molar-refractivity contribution in [3.63, 3.8) is 0 Å². The molecular weight excluding hydrogens is 368 g/mol. The molecule has 0 aliphatic heterocycles. The Morgan fingerprint density at radius 1 is 1.10 bits per heavy atom. The van der Waals surface area contributed by atoms with E-state index in [0.29, 0.717) is 17.4 Å². The van der Waals surface area contributed by atoms with E-state index in [1.54, 1.807) is 12.1 Å². The molecule has 1 aromatic carbocycles. The summed E-state index contributed by atoms with van der Waals surface area (Å²) < 4.78 is 5.22. The summed E-state index contributed by atoms with van der Waals surface area (Å²) in [6, 6.07) is 6.42. The van der Waals surface area contributed by atoms with Crippen molar-refractivity contribution in [2.75, 3.05) is 6.61 Å². The van der Waals surface area contributed by atoms with Gasteiger partial charge < -0.3 is 15.4 Å². The van der Waals surface area contributed by atoms with Crippen molar-refractivity contribution in [3.8, 4) is 0 Å². The summed E-state index contributed by atoms with van der Waals surface area (Å²) in [6.45, 7) is 9.61. The molecule has 2 N–H and O–H groups in total. The average Bonchev–Trinajstić information content (AvgIpc) is 2.68. The van der Waals surface area contributed by atoms with Gasteiger partial charge in [-0.25, -0.2) is 4.79 Å². The fourth-order valence-corrected chi connectivity index (χ4v) is 3.69. The van der Waals surface area contributed by atoms with Gasteiger partial charge in [0.05, 0.1) is 0 Å². The topological polar surface area (TPSA) is 84.5 Å². The zero-order valence-electron chi connectivity index (χ0n) is 18.2. The first-order valence-electron chi connectivity index (χ1n) is 10.5. The highest BCUT2D eigenvalue weighted by molar-refractivity contribution is 5.97. The van der Waals surface area contributed by atoms with Gasteiger partial charge >= 0.3 is 5.97 Å². The highest BCUT2D eigenvalue weighted by Gasteiger charge is 2.30. The van der Waals surface area contributed by atoms with Crippen LogP contribution in [0.2, 0.25) is 0 Å². The second kappa shape index (κ2) is 10.4. The highest BCUT2D eigenvalue weighted by Crippen LogP contribution is 2.29. The van der Waals surface area contributed by atoms with Crippen LogP contribution in [0.4, 0.5) is 0 Å². The Bertz CT molecular complexity index is 714. The molecule has 0 bridgehead atoms. The maximum atomic E-state index is 12.5. The normalized spacial score (nSPS) is 22.6. The number of benzene rings is 1. The molecule has 4 atom stereocenters. The van der Waals surface area contributed by atoms with Gasteiger partial charge in [0, 0.05) is 11.6 Å². The van der Waals surface area contributed by atoms with Gasteiger partial charge in [-0.2, -0.15) is 0 Å². The molecule has 160 valence electrons. The van der Waals surface area contributed by atoms with E-state index in [2.05, 4.69) is 24.5 Å². The summed E-state index contributed by atoms with van der Waals surface area (Å²) >= 11 is 0. The van der Waals surface area contributed by atoms with Crippen molar-refractivity contribution in [1.82, 2.24) is 10.6 Å². The fraction of sp³-hybridized carbons (Fsp3) is 0.609. The molecule has 1 aliphatic carbocycles. The second-order valence-corrected chi connectivity index (χ2v) is 8.61. The van der Waals surface area contributed by atoms with Gasteiger partial charge in [-0.3, -0.25) is 9.59 Å². The Balaban J connectivity index is 1.87. The van der Waals surface area contributed by atoms with E-state index in [4.69, 9.17) is 4.74 Å². The number of aryl methyl sites for hydroxylation is 1. The average molecular weight is 403 g/mol. The summed E-state index contributed by atoms with van der Waals surface area (Å²) in [6.07, 6.45) is 3.22. The molecule has 0 aromatic heterocycles. The molecule has 1 saturated carbocycles. The monoisotopic (exact) mass is 402 g/mol. The number of hydrogen-bond donors (Lipinski definition) is 2. The summed E-state index contributed by atoms with van der Waals surface area (Å²) in [4.78, 5) is 37.2. The predicted octanol–water partition coefficient (Wildman–Crippen LogP) is 3.23. The minimum atomic E-state index is -0.815. The van der Waals surface area contributed by atoms with Crippen molar-refractivity contribution in [2.45, 2.75) is 66.0 Å². The third-order valence-corrected chi connectivity index (χ3v) is 5.92. The van der Waals surface area contributed by atoms with Crippen LogP contribution in [0.25, 0.3) is 0 Å². The third-order valence-electron chi connectivity index (χ3n) is 5.92. The Morgan fingerprint density at radius 3 is 2.38 bits per heavy atom. The summed E-state index contributed by atoms with van der Waals surface area (Å²) in [5.41, 5.74) is 1.53. The number of hydrogen-bond acceptors (Lipinski definition) is 4. The Labute approximate surface area is 173 Å². The number of carbonyl (C=O) groups excluding carboxylic acids is 3. The predicted molar refractivity (Wildman–Crippen MR) is 112 cm³/mol. The van der Waals surface area contributed by atoms with Crippen molar-refractivity contribution in [1.29, 1.82) is 0 Å². The van der Waals surface area contributed by atoms with E-state index in [-0.39, 0.29) is 30.4 Å². The molecule has 0 saturated heterocycles. The number of ether oxygens (including phenoxy) is 1. The maximum Gasteiger partial charge on any atom is 0.329 e. The van der Waals surface area contributed by atoms with Gasteiger partial charge in [-0.05, 0) is 43.2 Å². The van der Waals surface area contributed by atoms with Gasteiger partial charge in [0.15, 0.2) is 6.61 Å². The van der Waals surface area contributed by atoms with Crippen LogP contribution in [0, 0.1) is 24.7 Å². The smallest absolute Gasteiger partial charge is 0.329 e. The third kappa shape index (κ3) is 6.58. The zero-order chi connectivity index (χ0) is 21.6. The Hall–Kier alpha value is -2.37. The quantitative estimate of drug-likeness (QED) is 0.686. The van der Waals surface area contributed by atoms with E-state index in [9.17, 15) is 14.4 Å². The molecule has 2 amide bonds. The van der Waals surface area contributed by atoms with E-state index in [0.717, 1.165) is 18.4 Å². The number of nitrogens with one attached hydrogen (secondary N) is 2. The van der Waals surface area contributed by atoms with Crippen LogP contribution >= 0.6 is 0 Å². The molecule has 0 spiro atoms. The van der Waals surface area contributed by atoms with Crippen molar-refractivity contribution in [3.05, 3.63) is 35.4 Å². The van der Waals surface area contributed by atoms with Crippen LogP contribution in [-0.2, 0) is 14.3 Å². The second-order valence-electron chi connectivity index (χ2n) is 8.61. The van der Waals surface area contributed by atoms with Crippen molar-refractivity contribution >= 4 is 17.8 Å². The standard InChI is InChI=1S/C23H34N2O4/c1-14(2)21(25-22(27)18-11-9-15(3)10-12-18)23(28)29-13-20(26)24-19-8-6-7-16(4)17(19)5/h9-12,14,16-17,19,21H,6-8,13H2,1-5H3,(H,24,26)(H,25,27)/t16?,17?,19?,21-/m0/s1. The Morgan fingerprint density at radius 2 is 1.76 bits per heavy atom. The van der Waals surface area contributed by atoms with Gasteiger partial charge in [0.1, 0.15) is 6.04 Å². The van der Waals surface area contributed by atoms with Crippen LogP contribution in [-0.4, -0.2) is 36.5 Å². The number of carbonyl (C=O) groups is 3. The SMILES string of the molecule is Cc1ccc(C(=O)N[C@H](C(=O)OCC(=O)NC2CCCC(C)C2C)C(C)C)cc1. The van der Waals surface area contributed by atoms with Gasteiger partial charge in [-0.1, -0.05) is 58.2 Å². The first-order valence-corrected chi connectivity index (χ1v) is 10.5. The molecular formula is C23H34N2O4. The van der Waals surface area contributed by atoms with Gasteiger partial charge in [-0.15, -0.1) is 0 Å².